The Morgan fingerprint density at radius 2 is 2.08 bits per heavy atom. The molecule has 0 radical (unpaired) electrons. The quantitative estimate of drug-likeness (QED) is 0.758. The minimum absolute atomic E-state index is 0.211. The highest BCUT2D eigenvalue weighted by Crippen LogP contribution is 2.36. The van der Waals surface area contributed by atoms with Crippen molar-refractivity contribution in [3.8, 4) is 0 Å². The van der Waals surface area contributed by atoms with Crippen LogP contribution in [0.25, 0.3) is 0 Å². The molecular weight excluding hydrogens is 320 g/mol. The molecule has 0 N–H and O–H groups in total. The van der Waals surface area contributed by atoms with Gasteiger partial charge in [0.2, 0.25) is 5.91 Å². The monoisotopic (exact) mass is 350 g/mol. The predicted molar refractivity (Wildman–Crippen MR) is 92.8 cm³/mol. The summed E-state index contributed by atoms with van der Waals surface area (Å²) < 4.78 is 7.01. The van der Waals surface area contributed by atoms with Crippen molar-refractivity contribution in [3.05, 3.63) is 5.82 Å². The van der Waals surface area contributed by atoms with Crippen LogP contribution in [0.5, 0.6) is 0 Å². The SMILES string of the molecule is COCCn1nnnc1C1(N(C)C)CCCN(C(=O)C2CCCC2)C1. The van der Waals surface area contributed by atoms with Gasteiger partial charge in [0.1, 0.15) is 5.54 Å². The minimum Gasteiger partial charge on any atom is -0.383 e. The first kappa shape index (κ1) is 18.3. The molecule has 2 aliphatic rings. The number of amides is 1. The fourth-order valence-corrected chi connectivity index (χ4v) is 4.27. The summed E-state index contributed by atoms with van der Waals surface area (Å²) in [5.74, 6) is 1.36. The fraction of sp³-hybridized carbons (Fsp3) is 0.882. The first-order chi connectivity index (χ1) is 12.1. The van der Waals surface area contributed by atoms with Crippen LogP contribution in [-0.4, -0.2) is 76.8 Å². The van der Waals surface area contributed by atoms with Gasteiger partial charge in [0.25, 0.3) is 0 Å². The van der Waals surface area contributed by atoms with Crippen molar-refractivity contribution in [2.75, 3.05) is 40.9 Å². The largest absolute Gasteiger partial charge is 0.383 e. The van der Waals surface area contributed by atoms with Gasteiger partial charge in [-0.2, -0.15) is 0 Å². The van der Waals surface area contributed by atoms with Crippen molar-refractivity contribution < 1.29 is 9.53 Å². The maximum Gasteiger partial charge on any atom is 0.225 e. The van der Waals surface area contributed by atoms with Crippen LogP contribution in [0.2, 0.25) is 0 Å². The smallest absolute Gasteiger partial charge is 0.225 e. The van der Waals surface area contributed by atoms with E-state index in [0.29, 0.717) is 25.6 Å². The number of methoxy groups -OCH3 is 1. The highest BCUT2D eigenvalue weighted by atomic mass is 16.5. The molecule has 1 aliphatic heterocycles. The number of carbonyl (C=O) groups is 1. The minimum atomic E-state index is -0.343. The molecule has 2 heterocycles. The van der Waals surface area contributed by atoms with E-state index in [1.54, 1.807) is 7.11 Å². The van der Waals surface area contributed by atoms with Crippen molar-refractivity contribution in [1.82, 2.24) is 30.0 Å². The molecular formula is C17H30N6O2. The Morgan fingerprint density at radius 1 is 1.32 bits per heavy atom. The molecule has 1 atom stereocenters. The van der Waals surface area contributed by atoms with Crippen molar-refractivity contribution in [2.45, 2.75) is 50.6 Å². The molecule has 2 fully saturated rings. The molecule has 8 heteroatoms. The van der Waals surface area contributed by atoms with E-state index < -0.39 is 0 Å². The zero-order valence-electron chi connectivity index (χ0n) is 15.6. The Balaban J connectivity index is 1.84. The number of ether oxygens (including phenoxy) is 1. The second kappa shape index (κ2) is 7.78. The Morgan fingerprint density at radius 3 is 2.76 bits per heavy atom. The summed E-state index contributed by atoms with van der Waals surface area (Å²) >= 11 is 0. The van der Waals surface area contributed by atoms with E-state index in [1.807, 2.05) is 4.68 Å². The molecule has 25 heavy (non-hydrogen) atoms. The third-order valence-electron chi connectivity index (χ3n) is 5.80. The molecule has 1 aromatic rings. The number of likely N-dealkylation sites (tertiary alicyclic amines) is 1. The van der Waals surface area contributed by atoms with E-state index >= 15 is 0 Å². The molecule has 140 valence electrons. The number of piperidine rings is 1. The molecule has 1 unspecified atom stereocenters. The Kier molecular flexibility index (Phi) is 5.68. The fourth-order valence-electron chi connectivity index (χ4n) is 4.27. The van der Waals surface area contributed by atoms with Gasteiger partial charge in [-0.25, -0.2) is 4.68 Å². The standard InChI is InChI=1S/C17H30N6O2/c1-21(2)17(16-18-19-20-23(16)11-12-25-3)9-6-10-22(13-17)15(24)14-7-4-5-8-14/h14H,4-13H2,1-3H3. The van der Waals surface area contributed by atoms with Gasteiger partial charge in [-0.3, -0.25) is 9.69 Å². The number of likely N-dealkylation sites (N-methyl/N-ethyl adjacent to an activating group) is 1. The van der Waals surface area contributed by atoms with E-state index in [-0.39, 0.29) is 11.5 Å². The number of tetrazole rings is 1. The molecule has 0 spiro atoms. The Bertz CT molecular complexity index is 583. The molecule has 8 nitrogen and oxygen atoms in total. The van der Waals surface area contributed by atoms with E-state index in [0.717, 1.165) is 38.1 Å². The second-order valence-electron chi connectivity index (χ2n) is 7.49. The summed E-state index contributed by atoms with van der Waals surface area (Å²) in [5.41, 5.74) is -0.343. The molecule has 0 aromatic carbocycles. The van der Waals surface area contributed by atoms with Crippen molar-refractivity contribution in [2.24, 2.45) is 5.92 Å². The number of hydrogen-bond acceptors (Lipinski definition) is 6. The number of nitrogens with zero attached hydrogens (tertiary/aromatic N) is 6. The first-order valence-electron chi connectivity index (χ1n) is 9.30. The van der Waals surface area contributed by atoms with Gasteiger partial charge in [-0.15, -0.1) is 5.10 Å². The van der Waals surface area contributed by atoms with Crippen molar-refractivity contribution in [3.63, 3.8) is 0 Å². The molecule has 1 aromatic heterocycles. The van der Waals surface area contributed by atoms with Gasteiger partial charge in [0.15, 0.2) is 5.82 Å². The topological polar surface area (TPSA) is 76.4 Å². The number of hydrogen-bond donors (Lipinski definition) is 0. The van der Waals surface area contributed by atoms with Gasteiger partial charge in [0, 0.05) is 26.1 Å². The van der Waals surface area contributed by atoms with Crippen LogP contribution >= 0.6 is 0 Å². The van der Waals surface area contributed by atoms with Crippen LogP contribution in [0.4, 0.5) is 0 Å². The van der Waals surface area contributed by atoms with E-state index in [1.165, 1.54) is 12.8 Å². The average molecular weight is 350 g/mol. The second-order valence-corrected chi connectivity index (χ2v) is 7.49. The molecule has 1 saturated carbocycles. The molecule has 1 amide bonds. The Hall–Kier alpha value is -1.54. The van der Waals surface area contributed by atoms with Crippen LogP contribution in [0.1, 0.15) is 44.3 Å². The van der Waals surface area contributed by atoms with Crippen LogP contribution in [0, 0.1) is 5.92 Å². The zero-order valence-corrected chi connectivity index (χ0v) is 15.6. The summed E-state index contributed by atoms with van der Waals surface area (Å²) in [6.07, 6.45) is 6.35. The molecule has 1 aliphatic carbocycles. The molecule has 3 rings (SSSR count). The number of rotatable bonds is 6. The van der Waals surface area contributed by atoms with E-state index in [9.17, 15) is 4.79 Å². The first-order valence-corrected chi connectivity index (χ1v) is 9.30. The third-order valence-corrected chi connectivity index (χ3v) is 5.80. The van der Waals surface area contributed by atoms with Gasteiger partial charge < -0.3 is 9.64 Å². The highest BCUT2D eigenvalue weighted by molar-refractivity contribution is 5.79. The summed E-state index contributed by atoms with van der Waals surface area (Å²) in [5, 5.41) is 12.4. The summed E-state index contributed by atoms with van der Waals surface area (Å²) in [7, 11) is 5.78. The molecule has 0 bridgehead atoms. The lowest BCUT2D eigenvalue weighted by Crippen LogP contribution is -2.57. The van der Waals surface area contributed by atoms with E-state index in [2.05, 4.69) is 39.4 Å². The average Bonchev–Trinajstić information content (AvgIpc) is 3.31. The predicted octanol–water partition coefficient (Wildman–Crippen LogP) is 0.889. The maximum atomic E-state index is 13.0. The van der Waals surface area contributed by atoms with Gasteiger partial charge >= 0.3 is 0 Å². The zero-order chi connectivity index (χ0) is 17.9. The van der Waals surface area contributed by atoms with Crippen LogP contribution < -0.4 is 0 Å². The molecule has 1 saturated heterocycles. The summed E-state index contributed by atoms with van der Waals surface area (Å²) in [6.45, 7) is 2.67. The summed E-state index contributed by atoms with van der Waals surface area (Å²) in [4.78, 5) is 17.2. The number of carbonyl (C=O) groups excluding carboxylic acids is 1. The van der Waals surface area contributed by atoms with E-state index in [4.69, 9.17) is 4.74 Å². The lowest BCUT2D eigenvalue weighted by molar-refractivity contribution is -0.139. The number of aromatic nitrogens is 4. The van der Waals surface area contributed by atoms with Gasteiger partial charge in [-0.05, 0) is 50.2 Å². The van der Waals surface area contributed by atoms with Crippen molar-refractivity contribution >= 4 is 5.91 Å². The van der Waals surface area contributed by atoms with Gasteiger partial charge in [0.05, 0.1) is 13.2 Å². The third kappa shape index (κ3) is 3.55. The van der Waals surface area contributed by atoms with Crippen LogP contribution in [-0.2, 0) is 21.6 Å². The Labute approximate surface area is 149 Å². The lowest BCUT2D eigenvalue weighted by Gasteiger charge is -2.46. The maximum absolute atomic E-state index is 13.0. The normalized spacial score (nSPS) is 25.0. The van der Waals surface area contributed by atoms with Crippen molar-refractivity contribution in [1.29, 1.82) is 0 Å². The lowest BCUT2D eigenvalue weighted by atomic mass is 9.86. The highest BCUT2D eigenvalue weighted by Gasteiger charge is 2.45. The van der Waals surface area contributed by atoms with Crippen LogP contribution in [0.15, 0.2) is 0 Å². The summed E-state index contributed by atoms with van der Waals surface area (Å²) in [6, 6.07) is 0. The van der Waals surface area contributed by atoms with Crippen LogP contribution in [0.3, 0.4) is 0 Å². The van der Waals surface area contributed by atoms with Gasteiger partial charge in [-0.1, -0.05) is 12.8 Å².